The second-order valence-electron chi connectivity index (χ2n) is 8.78. The van der Waals surface area contributed by atoms with Gasteiger partial charge in [0, 0.05) is 26.2 Å². The standard InChI is InChI=1S/C21H31N5O3S2/c1-16-6-3-11-25(14-16)12-5-10-22-21(27)17-7-4-13-26(15-17)31(28,29)19-9-2-8-18-20(19)24-30-23-18/h2,8-9,16-17H,3-7,10-15H2,1H3,(H,22,27). The topological polar surface area (TPSA) is 95.5 Å². The van der Waals surface area contributed by atoms with Gasteiger partial charge in [0.15, 0.2) is 0 Å². The van der Waals surface area contributed by atoms with Crippen molar-refractivity contribution in [1.82, 2.24) is 23.3 Å². The van der Waals surface area contributed by atoms with E-state index in [1.54, 1.807) is 18.2 Å². The molecule has 2 unspecified atom stereocenters. The van der Waals surface area contributed by atoms with E-state index in [2.05, 4.69) is 25.9 Å². The summed E-state index contributed by atoms with van der Waals surface area (Å²) in [6.45, 7) is 6.86. The zero-order valence-electron chi connectivity index (χ0n) is 18.0. The molecule has 2 aromatic rings. The van der Waals surface area contributed by atoms with Crippen molar-refractivity contribution in [2.75, 3.05) is 39.3 Å². The van der Waals surface area contributed by atoms with E-state index in [9.17, 15) is 13.2 Å². The number of hydrogen-bond donors (Lipinski definition) is 1. The first-order chi connectivity index (χ1) is 14.9. The molecule has 0 spiro atoms. The number of piperidine rings is 2. The number of amides is 1. The van der Waals surface area contributed by atoms with Gasteiger partial charge >= 0.3 is 0 Å². The highest BCUT2D eigenvalue weighted by molar-refractivity contribution is 7.89. The summed E-state index contributed by atoms with van der Waals surface area (Å²) < 4.78 is 36.3. The molecule has 1 amide bonds. The van der Waals surface area contributed by atoms with Crippen LogP contribution < -0.4 is 5.32 Å². The number of nitrogens with one attached hydrogen (secondary N) is 1. The van der Waals surface area contributed by atoms with Gasteiger partial charge in [0.05, 0.1) is 17.6 Å². The molecule has 2 atom stereocenters. The van der Waals surface area contributed by atoms with Crippen molar-refractivity contribution in [1.29, 1.82) is 0 Å². The molecule has 0 aliphatic carbocycles. The van der Waals surface area contributed by atoms with E-state index in [1.165, 1.54) is 17.1 Å². The van der Waals surface area contributed by atoms with Crippen LogP contribution in [-0.4, -0.2) is 71.5 Å². The molecular formula is C21H31N5O3S2. The van der Waals surface area contributed by atoms with Crippen molar-refractivity contribution in [3.05, 3.63) is 18.2 Å². The SMILES string of the molecule is CC1CCCN(CCCNC(=O)C2CCCN(S(=O)(=O)c3cccc4nsnc34)C2)C1. The predicted octanol–water partition coefficient (Wildman–Crippen LogP) is 2.33. The van der Waals surface area contributed by atoms with Gasteiger partial charge in [-0.15, -0.1) is 0 Å². The van der Waals surface area contributed by atoms with Crippen molar-refractivity contribution in [3.63, 3.8) is 0 Å². The Kier molecular flexibility index (Phi) is 7.20. The lowest BCUT2D eigenvalue weighted by molar-refractivity contribution is -0.126. The van der Waals surface area contributed by atoms with E-state index in [0.29, 0.717) is 37.0 Å². The van der Waals surface area contributed by atoms with E-state index >= 15 is 0 Å². The molecule has 2 aliphatic heterocycles. The monoisotopic (exact) mass is 465 g/mol. The molecule has 1 aromatic heterocycles. The molecule has 3 heterocycles. The maximum absolute atomic E-state index is 13.3. The smallest absolute Gasteiger partial charge is 0.245 e. The van der Waals surface area contributed by atoms with E-state index in [-0.39, 0.29) is 23.3 Å². The highest BCUT2D eigenvalue weighted by Gasteiger charge is 2.34. The zero-order valence-corrected chi connectivity index (χ0v) is 19.6. The molecule has 4 rings (SSSR count). The maximum atomic E-state index is 13.3. The second-order valence-corrected chi connectivity index (χ2v) is 11.2. The van der Waals surface area contributed by atoms with Crippen molar-refractivity contribution in [2.24, 2.45) is 11.8 Å². The van der Waals surface area contributed by atoms with Crippen LogP contribution in [0.1, 0.15) is 39.0 Å². The molecule has 8 nitrogen and oxygen atoms in total. The fraction of sp³-hybridized carbons (Fsp3) is 0.667. The summed E-state index contributed by atoms with van der Waals surface area (Å²) in [5, 5.41) is 3.03. The van der Waals surface area contributed by atoms with Crippen LogP contribution in [0.5, 0.6) is 0 Å². The van der Waals surface area contributed by atoms with Gasteiger partial charge in [-0.25, -0.2) is 8.42 Å². The summed E-state index contributed by atoms with van der Waals surface area (Å²) in [5.41, 5.74) is 0.992. The minimum Gasteiger partial charge on any atom is -0.356 e. The number of fused-ring (bicyclic) bond motifs is 1. The number of sulfonamides is 1. The molecular weight excluding hydrogens is 434 g/mol. The molecule has 0 bridgehead atoms. The first kappa shape index (κ1) is 22.6. The van der Waals surface area contributed by atoms with Gasteiger partial charge in [-0.05, 0) is 63.2 Å². The van der Waals surface area contributed by atoms with Crippen LogP contribution in [0, 0.1) is 11.8 Å². The van der Waals surface area contributed by atoms with Gasteiger partial charge in [0.1, 0.15) is 15.9 Å². The van der Waals surface area contributed by atoms with E-state index in [1.807, 2.05) is 0 Å². The summed E-state index contributed by atoms with van der Waals surface area (Å²) in [4.78, 5) is 15.4. The molecule has 2 saturated heterocycles. The highest BCUT2D eigenvalue weighted by atomic mass is 32.2. The molecule has 1 aromatic carbocycles. The van der Waals surface area contributed by atoms with Gasteiger partial charge < -0.3 is 10.2 Å². The van der Waals surface area contributed by atoms with E-state index in [4.69, 9.17) is 0 Å². The number of carbonyl (C=O) groups is 1. The summed E-state index contributed by atoms with van der Waals surface area (Å²) in [6, 6.07) is 5.02. The summed E-state index contributed by atoms with van der Waals surface area (Å²) >= 11 is 1.01. The normalized spacial score (nSPS) is 23.8. The fourth-order valence-corrected chi connectivity index (χ4v) is 6.93. The third-order valence-electron chi connectivity index (χ3n) is 6.31. The molecule has 2 fully saturated rings. The maximum Gasteiger partial charge on any atom is 0.245 e. The van der Waals surface area contributed by atoms with E-state index in [0.717, 1.165) is 43.7 Å². The lowest BCUT2D eigenvalue weighted by atomic mass is 9.99. The van der Waals surface area contributed by atoms with Crippen LogP contribution in [0.25, 0.3) is 11.0 Å². The lowest BCUT2D eigenvalue weighted by Crippen LogP contribution is -2.45. The van der Waals surface area contributed by atoms with Crippen molar-refractivity contribution in [3.8, 4) is 0 Å². The fourth-order valence-electron chi connectivity index (χ4n) is 4.65. The summed E-state index contributed by atoms with van der Waals surface area (Å²) in [6.07, 6.45) is 4.87. The Morgan fingerprint density at radius 1 is 1.19 bits per heavy atom. The number of aromatic nitrogens is 2. The van der Waals surface area contributed by atoms with Crippen LogP contribution in [-0.2, 0) is 14.8 Å². The average Bonchev–Trinajstić information content (AvgIpc) is 3.25. The number of nitrogens with zero attached hydrogens (tertiary/aromatic N) is 4. The molecule has 2 aliphatic rings. The zero-order chi connectivity index (χ0) is 21.8. The Morgan fingerprint density at radius 3 is 2.87 bits per heavy atom. The molecule has 170 valence electrons. The molecule has 0 saturated carbocycles. The van der Waals surface area contributed by atoms with Gasteiger partial charge in [-0.2, -0.15) is 13.1 Å². The Morgan fingerprint density at radius 2 is 2.03 bits per heavy atom. The first-order valence-electron chi connectivity index (χ1n) is 11.2. The van der Waals surface area contributed by atoms with Crippen molar-refractivity contribution < 1.29 is 13.2 Å². The average molecular weight is 466 g/mol. The van der Waals surface area contributed by atoms with Crippen LogP contribution in [0.2, 0.25) is 0 Å². The Balaban J connectivity index is 1.31. The van der Waals surface area contributed by atoms with Gasteiger partial charge in [0.25, 0.3) is 0 Å². The third-order valence-corrected chi connectivity index (χ3v) is 8.75. The predicted molar refractivity (Wildman–Crippen MR) is 121 cm³/mol. The van der Waals surface area contributed by atoms with Crippen molar-refractivity contribution >= 4 is 38.7 Å². The van der Waals surface area contributed by atoms with Crippen LogP contribution >= 0.6 is 11.7 Å². The largest absolute Gasteiger partial charge is 0.356 e. The minimum absolute atomic E-state index is 0.0413. The van der Waals surface area contributed by atoms with E-state index < -0.39 is 10.0 Å². The van der Waals surface area contributed by atoms with Gasteiger partial charge in [-0.1, -0.05) is 13.0 Å². The summed E-state index contributed by atoms with van der Waals surface area (Å²) in [7, 11) is -3.72. The lowest BCUT2D eigenvalue weighted by Gasteiger charge is -2.32. The third kappa shape index (κ3) is 5.24. The number of rotatable bonds is 7. The number of likely N-dealkylation sites (tertiary alicyclic amines) is 1. The van der Waals surface area contributed by atoms with Crippen molar-refractivity contribution in [2.45, 2.75) is 43.9 Å². The molecule has 31 heavy (non-hydrogen) atoms. The molecule has 0 radical (unpaired) electrons. The Labute approximate surface area is 188 Å². The minimum atomic E-state index is -3.72. The summed E-state index contributed by atoms with van der Waals surface area (Å²) in [5.74, 6) is 0.399. The van der Waals surface area contributed by atoms with Gasteiger partial charge in [-0.3, -0.25) is 4.79 Å². The van der Waals surface area contributed by atoms with Gasteiger partial charge in [0.2, 0.25) is 15.9 Å². The van der Waals surface area contributed by atoms with Crippen LogP contribution in [0.15, 0.2) is 23.1 Å². The Bertz CT molecular complexity index is 1010. The van der Waals surface area contributed by atoms with Crippen LogP contribution in [0.4, 0.5) is 0 Å². The number of carbonyl (C=O) groups excluding carboxylic acids is 1. The first-order valence-corrected chi connectivity index (χ1v) is 13.3. The highest BCUT2D eigenvalue weighted by Crippen LogP contribution is 2.28. The quantitative estimate of drug-likeness (QED) is 0.631. The second kappa shape index (κ2) is 9.89. The van der Waals surface area contributed by atoms with Crippen LogP contribution in [0.3, 0.4) is 0 Å². The Hall–Kier alpha value is -1.62. The molecule has 1 N–H and O–H groups in total. The number of hydrogen-bond acceptors (Lipinski definition) is 7. The number of benzene rings is 1. The molecule has 10 heteroatoms.